The van der Waals surface area contributed by atoms with Crippen LogP contribution in [0.5, 0.6) is 0 Å². The molecule has 4 nitrogen and oxygen atoms in total. The lowest BCUT2D eigenvalue weighted by atomic mass is 10.3. The second-order valence-corrected chi connectivity index (χ2v) is 7.00. The molecule has 0 radical (unpaired) electrons. The fourth-order valence-electron chi connectivity index (χ4n) is 1.50. The first-order valence-corrected chi connectivity index (χ1v) is 8.05. The van der Waals surface area contributed by atoms with Gasteiger partial charge in [0.2, 0.25) is 0 Å². The number of sulfonamides is 1. The lowest BCUT2D eigenvalue weighted by Gasteiger charge is -2.09. The number of rotatable bonds is 3. The Morgan fingerprint density at radius 3 is 2.14 bits per heavy atom. The van der Waals surface area contributed by atoms with Crippen molar-refractivity contribution in [3.8, 4) is 0 Å². The van der Waals surface area contributed by atoms with E-state index in [0.717, 1.165) is 12.3 Å². The van der Waals surface area contributed by atoms with Gasteiger partial charge in [0.15, 0.2) is 0 Å². The zero-order valence-electron chi connectivity index (χ0n) is 10.3. The largest absolute Gasteiger partial charge is 0.431 e. The second kappa shape index (κ2) is 5.84. The number of halogens is 6. The Morgan fingerprint density at radius 2 is 1.59 bits per heavy atom. The standard InChI is InChI=1S/C11H6Cl3F3N2O2S/c12-6-2-8(14)9(3-7(6)13)19-22(20,21)5-1-10(18-4-5)11(15,16)17/h1-4,18-19H. The minimum absolute atomic E-state index is 0.0359. The fourth-order valence-corrected chi connectivity index (χ4v) is 3.21. The van der Waals surface area contributed by atoms with Gasteiger partial charge in [0.05, 0.1) is 20.8 Å². The van der Waals surface area contributed by atoms with Gasteiger partial charge >= 0.3 is 6.18 Å². The van der Waals surface area contributed by atoms with Crippen LogP contribution in [-0.4, -0.2) is 13.4 Å². The number of alkyl halides is 3. The predicted molar refractivity (Wildman–Crippen MR) is 78.1 cm³/mol. The number of nitrogens with one attached hydrogen (secondary N) is 2. The van der Waals surface area contributed by atoms with Crippen molar-refractivity contribution in [1.29, 1.82) is 0 Å². The Hall–Kier alpha value is -1.09. The van der Waals surface area contributed by atoms with Crippen LogP contribution in [-0.2, 0) is 16.2 Å². The van der Waals surface area contributed by atoms with E-state index in [1.807, 2.05) is 9.71 Å². The van der Waals surface area contributed by atoms with Crippen molar-refractivity contribution in [3.05, 3.63) is 45.2 Å². The molecular formula is C11H6Cl3F3N2O2S. The number of benzene rings is 1. The molecule has 0 aliphatic rings. The van der Waals surface area contributed by atoms with E-state index in [-0.39, 0.29) is 20.8 Å². The van der Waals surface area contributed by atoms with Crippen LogP contribution in [0.3, 0.4) is 0 Å². The Morgan fingerprint density at radius 1 is 1.00 bits per heavy atom. The Kier molecular flexibility index (Phi) is 4.59. The smallest absolute Gasteiger partial charge is 0.356 e. The summed E-state index contributed by atoms with van der Waals surface area (Å²) >= 11 is 17.3. The second-order valence-electron chi connectivity index (χ2n) is 4.10. The van der Waals surface area contributed by atoms with Gasteiger partial charge in [-0.05, 0) is 18.2 Å². The molecule has 0 atom stereocenters. The van der Waals surface area contributed by atoms with Crippen LogP contribution in [0.2, 0.25) is 15.1 Å². The Bertz CT molecular complexity index is 818. The van der Waals surface area contributed by atoms with Gasteiger partial charge in [-0.2, -0.15) is 13.2 Å². The van der Waals surface area contributed by atoms with Gasteiger partial charge in [-0.3, -0.25) is 4.72 Å². The van der Waals surface area contributed by atoms with E-state index in [9.17, 15) is 21.6 Å². The molecule has 0 spiro atoms. The highest BCUT2D eigenvalue weighted by Gasteiger charge is 2.34. The average Bonchev–Trinajstić information content (AvgIpc) is 2.85. The molecule has 0 aliphatic heterocycles. The molecule has 0 fully saturated rings. The van der Waals surface area contributed by atoms with Gasteiger partial charge in [0.1, 0.15) is 10.6 Å². The minimum atomic E-state index is -4.69. The molecule has 0 saturated carbocycles. The summed E-state index contributed by atoms with van der Waals surface area (Å²) in [7, 11) is -4.27. The van der Waals surface area contributed by atoms with Crippen molar-refractivity contribution in [3.63, 3.8) is 0 Å². The van der Waals surface area contributed by atoms with Crippen LogP contribution in [0.4, 0.5) is 18.9 Å². The number of hydrogen-bond acceptors (Lipinski definition) is 2. The number of aromatic amines is 1. The molecule has 2 aromatic rings. The highest BCUT2D eigenvalue weighted by atomic mass is 35.5. The Balaban J connectivity index is 2.36. The van der Waals surface area contributed by atoms with Gasteiger partial charge in [-0.25, -0.2) is 8.42 Å². The van der Waals surface area contributed by atoms with Crippen LogP contribution in [0.15, 0.2) is 29.3 Å². The number of anilines is 1. The van der Waals surface area contributed by atoms with Crippen LogP contribution in [0, 0.1) is 0 Å². The highest BCUT2D eigenvalue weighted by molar-refractivity contribution is 7.92. The number of hydrogen-bond donors (Lipinski definition) is 2. The number of H-pyrrole nitrogens is 1. The molecule has 0 amide bonds. The van der Waals surface area contributed by atoms with E-state index in [1.54, 1.807) is 0 Å². The van der Waals surface area contributed by atoms with Crippen molar-refractivity contribution in [2.24, 2.45) is 0 Å². The summed E-state index contributed by atoms with van der Waals surface area (Å²) < 4.78 is 63.6. The van der Waals surface area contributed by atoms with E-state index in [2.05, 4.69) is 0 Å². The molecule has 11 heteroatoms. The zero-order valence-corrected chi connectivity index (χ0v) is 13.4. The molecule has 0 saturated heterocycles. The summed E-state index contributed by atoms with van der Waals surface area (Å²) in [4.78, 5) is 1.25. The van der Waals surface area contributed by atoms with Crippen molar-refractivity contribution < 1.29 is 21.6 Å². The van der Waals surface area contributed by atoms with E-state index in [1.165, 1.54) is 6.07 Å². The van der Waals surface area contributed by atoms with E-state index in [4.69, 9.17) is 34.8 Å². The SMILES string of the molecule is O=S(=O)(Nc1cc(Cl)c(Cl)cc1Cl)c1c[nH]c(C(F)(F)F)c1. The maximum atomic E-state index is 12.5. The van der Waals surface area contributed by atoms with Gasteiger partial charge in [-0.1, -0.05) is 34.8 Å². The first kappa shape index (κ1) is 17.3. The number of aromatic nitrogens is 1. The Labute approximate surface area is 138 Å². The topological polar surface area (TPSA) is 62.0 Å². The van der Waals surface area contributed by atoms with Gasteiger partial charge in [0.25, 0.3) is 10.0 Å². The molecule has 120 valence electrons. The summed E-state index contributed by atoms with van der Waals surface area (Å²) in [6.45, 7) is 0. The van der Waals surface area contributed by atoms with Crippen molar-refractivity contribution in [2.75, 3.05) is 4.72 Å². The summed E-state index contributed by atoms with van der Waals surface area (Å²) in [5.74, 6) is 0. The van der Waals surface area contributed by atoms with Crippen LogP contribution in [0.1, 0.15) is 5.69 Å². The molecule has 1 aromatic carbocycles. The maximum absolute atomic E-state index is 12.5. The van der Waals surface area contributed by atoms with Gasteiger partial charge < -0.3 is 4.98 Å². The first-order valence-electron chi connectivity index (χ1n) is 5.43. The van der Waals surface area contributed by atoms with E-state index < -0.39 is 26.8 Å². The van der Waals surface area contributed by atoms with E-state index in [0.29, 0.717) is 6.07 Å². The monoisotopic (exact) mass is 392 g/mol. The van der Waals surface area contributed by atoms with Crippen LogP contribution >= 0.6 is 34.8 Å². The lowest BCUT2D eigenvalue weighted by Crippen LogP contribution is -2.12. The molecule has 2 N–H and O–H groups in total. The van der Waals surface area contributed by atoms with Gasteiger partial charge in [-0.15, -0.1) is 0 Å². The van der Waals surface area contributed by atoms with Gasteiger partial charge in [0, 0.05) is 6.20 Å². The summed E-state index contributed by atoms with van der Waals surface area (Å²) in [6.07, 6.45) is -3.97. The van der Waals surface area contributed by atoms with Crippen LogP contribution in [0.25, 0.3) is 0 Å². The first-order chi connectivity index (χ1) is 10.0. The van der Waals surface area contributed by atoms with Crippen molar-refractivity contribution in [1.82, 2.24) is 4.98 Å². The predicted octanol–water partition coefficient (Wildman–Crippen LogP) is 4.79. The third-order valence-electron chi connectivity index (χ3n) is 2.53. The third-order valence-corrected chi connectivity index (χ3v) is 4.91. The molecule has 2 rings (SSSR count). The summed E-state index contributed by atoms with van der Waals surface area (Å²) in [5.41, 5.74) is -1.29. The zero-order chi connectivity index (χ0) is 16.7. The fraction of sp³-hybridized carbons (Fsp3) is 0.0909. The molecule has 0 bridgehead atoms. The maximum Gasteiger partial charge on any atom is 0.431 e. The lowest BCUT2D eigenvalue weighted by molar-refractivity contribution is -0.140. The normalized spacial score (nSPS) is 12.5. The average molecular weight is 394 g/mol. The van der Waals surface area contributed by atoms with Crippen LogP contribution < -0.4 is 4.72 Å². The summed E-state index contributed by atoms with van der Waals surface area (Å²) in [5, 5.41) is 0.0917. The van der Waals surface area contributed by atoms with Crippen molar-refractivity contribution in [2.45, 2.75) is 11.1 Å². The molecular weight excluding hydrogens is 388 g/mol. The van der Waals surface area contributed by atoms with E-state index >= 15 is 0 Å². The molecule has 0 aliphatic carbocycles. The molecule has 0 unspecified atom stereocenters. The highest BCUT2D eigenvalue weighted by Crippen LogP contribution is 2.34. The summed E-state index contributed by atoms with van der Waals surface area (Å²) in [6, 6.07) is 2.83. The quantitative estimate of drug-likeness (QED) is 0.736. The molecule has 1 heterocycles. The van der Waals surface area contributed by atoms with Crippen molar-refractivity contribution >= 4 is 50.5 Å². The molecule has 22 heavy (non-hydrogen) atoms. The molecule has 1 aromatic heterocycles. The minimum Gasteiger partial charge on any atom is -0.356 e. The third kappa shape index (κ3) is 3.62.